The van der Waals surface area contributed by atoms with Crippen molar-refractivity contribution in [2.45, 2.75) is 6.18 Å². The minimum atomic E-state index is -4.43. The summed E-state index contributed by atoms with van der Waals surface area (Å²) in [4.78, 5) is 27.6. The number of benzene rings is 1. The number of hydrogen-bond donors (Lipinski definition) is 0. The van der Waals surface area contributed by atoms with Crippen molar-refractivity contribution < 1.29 is 13.2 Å². The van der Waals surface area contributed by atoms with E-state index >= 15 is 0 Å². The van der Waals surface area contributed by atoms with Gasteiger partial charge in [-0.15, -0.1) is 0 Å². The van der Waals surface area contributed by atoms with Crippen molar-refractivity contribution in [2.24, 2.45) is 14.1 Å². The molecule has 0 bridgehead atoms. The fraction of sp³-hybridized carbons (Fsp3) is 0.200. The van der Waals surface area contributed by atoms with Gasteiger partial charge in [0.25, 0.3) is 5.56 Å². The highest BCUT2D eigenvalue weighted by atomic mass is 19.4. The monoisotopic (exact) mass is 336 g/mol. The molecule has 0 saturated carbocycles. The smallest absolute Gasteiger partial charge is 0.268 e. The lowest BCUT2D eigenvalue weighted by Gasteiger charge is -2.13. The minimum Gasteiger partial charge on any atom is -0.268 e. The summed E-state index contributed by atoms with van der Waals surface area (Å²) in [5.41, 5.74) is -1.15. The van der Waals surface area contributed by atoms with Crippen LogP contribution in [-0.2, 0) is 20.3 Å². The summed E-state index contributed by atoms with van der Waals surface area (Å²) in [7, 11) is 2.80. The van der Waals surface area contributed by atoms with E-state index in [2.05, 4.69) is 10.1 Å². The zero-order valence-electron chi connectivity index (χ0n) is 12.6. The molecule has 2 heterocycles. The summed E-state index contributed by atoms with van der Waals surface area (Å²) >= 11 is 0. The zero-order chi connectivity index (χ0) is 17.6. The van der Waals surface area contributed by atoms with Crippen LogP contribution in [0, 0.1) is 0 Å². The molecule has 0 N–H and O–H groups in total. The van der Waals surface area contributed by atoms with Crippen molar-refractivity contribution in [1.29, 1.82) is 0 Å². The third-order valence-electron chi connectivity index (χ3n) is 3.62. The van der Waals surface area contributed by atoms with Crippen LogP contribution in [-0.4, -0.2) is 19.3 Å². The topological polar surface area (TPSA) is 69.8 Å². The number of aromatic nitrogens is 4. The predicted octanol–water partition coefficient (Wildman–Crippen LogP) is 1.66. The van der Waals surface area contributed by atoms with Gasteiger partial charge in [-0.2, -0.15) is 23.3 Å². The molecule has 0 saturated heterocycles. The molecule has 0 unspecified atom stereocenters. The number of alkyl halides is 3. The maximum absolute atomic E-state index is 12.6. The van der Waals surface area contributed by atoms with Crippen LogP contribution in [0.4, 0.5) is 13.2 Å². The molecule has 9 heteroatoms. The van der Waals surface area contributed by atoms with Crippen LogP contribution in [0.15, 0.2) is 39.9 Å². The number of fused-ring (bicyclic) bond motifs is 1. The van der Waals surface area contributed by atoms with Gasteiger partial charge in [0, 0.05) is 19.7 Å². The second-order valence-corrected chi connectivity index (χ2v) is 5.22. The van der Waals surface area contributed by atoms with Crippen molar-refractivity contribution in [1.82, 2.24) is 19.3 Å². The van der Waals surface area contributed by atoms with Crippen LogP contribution in [0.2, 0.25) is 0 Å². The third-order valence-corrected chi connectivity index (χ3v) is 3.62. The Kier molecular flexibility index (Phi) is 3.51. The normalized spacial score (nSPS) is 11.9. The number of nitrogens with zero attached hydrogens (tertiary/aromatic N) is 4. The maximum atomic E-state index is 12.6. The maximum Gasteiger partial charge on any atom is 0.416 e. The molecule has 3 rings (SSSR count). The lowest BCUT2D eigenvalue weighted by molar-refractivity contribution is -0.137. The molecule has 0 spiro atoms. The van der Waals surface area contributed by atoms with Gasteiger partial charge in [0.2, 0.25) is 0 Å². The van der Waals surface area contributed by atoms with Gasteiger partial charge >= 0.3 is 11.9 Å². The second kappa shape index (κ2) is 5.29. The van der Waals surface area contributed by atoms with E-state index < -0.39 is 23.0 Å². The molecular formula is C15H11F3N4O2. The van der Waals surface area contributed by atoms with E-state index in [1.807, 2.05) is 0 Å². The standard InChI is InChI=1S/C15H11F3N4O2/c1-21-13(23)10-7-11(20-22(2)12(10)19-14(21)24)8-3-5-9(6-4-8)15(16,17)18/h3-7H,1-2H3. The molecule has 1 aromatic carbocycles. The van der Waals surface area contributed by atoms with Crippen molar-refractivity contribution in [2.75, 3.05) is 0 Å². The molecule has 0 aromatic heterocycles. The van der Waals surface area contributed by atoms with E-state index in [9.17, 15) is 22.8 Å². The molecule has 0 fully saturated rings. The van der Waals surface area contributed by atoms with E-state index in [0.29, 0.717) is 11.3 Å². The summed E-state index contributed by atoms with van der Waals surface area (Å²) in [6.07, 6.45) is -4.43. The Hall–Kier alpha value is -2.97. The Balaban J connectivity index is 2.20. The minimum absolute atomic E-state index is 0.110. The number of halogens is 3. The van der Waals surface area contributed by atoms with Crippen molar-refractivity contribution >= 4 is 0 Å². The first-order valence-corrected chi connectivity index (χ1v) is 6.81. The lowest BCUT2D eigenvalue weighted by Crippen LogP contribution is -2.36. The summed E-state index contributed by atoms with van der Waals surface area (Å²) in [6.45, 7) is 0. The van der Waals surface area contributed by atoms with E-state index in [1.54, 1.807) is 0 Å². The first kappa shape index (κ1) is 15.9. The van der Waals surface area contributed by atoms with Gasteiger partial charge in [0.15, 0.2) is 5.82 Å². The third kappa shape index (κ3) is 2.57. The molecule has 6 nitrogen and oxygen atoms in total. The first-order valence-electron chi connectivity index (χ1n) is 6.81. The van der Waals surface area contributed by atoms with Crippen LogP contribution in [0.3, 0.4) is 0 Å². The van der Waals surface area contributed by atoms with E-state index in [0.717, 1.165) is 16.7 Å². The predicted molar refractivity (Wildman–Crippen MR) is 79.6 cm³/mol. The van der Waals surface area contributed by atoms with Gasteiger partial charge in [0.1, 0.15) is 0 Å². The van der Waals surface area contributed by atoms with Gasteiger partial charge in [-0.1, -0.05) is 12.1 Å². The van der Waals surface area contributed by atoms with Crippen LogP contribution >= 0.6 is 0 Å². The Morgan fingerprint density at radius 3 is 2.25 bits per heavy atom. The van der Waals surface area contributed by atoms with Crippen molar-refractivity contribution in [3.63, 3.8) is 0 Å². The van der Waals surface area contributed by atoms with E-state index in [1.165, 1.54) is 37.0 Å². The molecule has 0 atom stereocenters. The van der Waals surface area contributed by atoms with E-state index in [4.69, 9.17) is 0 Å². The molecule has 1 aromatic rings. The molecule has 0 aliphatic carbocycles. The number of aryl methyl sites for hydroxylation is 1. The Bertz CT molecular complexity index is 1000. The van der Waals surface area contributed by atoms with Crippen LogP contribution < -0.4 is 11.2 Å². The molecule has 0 radical (unpaired) electrons. The quantitative estimate of drug-likeness (QED) is 0.678. The van der Waals surface area contributed by atoms with E-state index in [-0.39, 0.29) is 11.4 Å². The molecular weight excluding hydrogens is 325 g/mol. The van der Waals surface area contributed by atoms with Crippen LogP contribution in [0.5, 0.6) is 0 Å². The van der Waals surface area contributed by atoms with Crippen molar-refractivity contribution in [3.05, 3.63) is 56.7 Å². The average Bonchev–Trinajstić information content (AvgIpc) is 2.53. The number of rotatable bonds is 1. The number of hydrogen-bond acceptors (Lipinski definition) is 4. The van der Waals surface area contributed by atoms with Gasteiger partial charge < -0.3 is 0 Å². The fourth-order valence-electron chi connectivity index (χ4n) is 2.31. The SMILES string of the molecule is Cn1nc(-c2ccc(C(F)(F)F)cc2)cc2c(=O)n(C)c(=O)nc1-2. The fourth-order valence-corrected chi connectivity index (χ4v) is 2.31. The highest BCUT2D eigenvalue weighted by Gasteiger charge is 2.30. The molecule has 124 valence electrons. The molecule has 0 amide bonds. The Morgan fingerprint density at radius 2 is 1.67 bits per heavy atom. The molecule has 2 aliphatic rings. The summed E-state index contributed by atoms with van der Waals surface area (Å²) in [6, 6.07) is 5.84. The average molecular weight is 336 g/mol. The van der Waals surface area contributed by atoms with Gasteiger partial charge in [-0.3, -0.25) is 9.36 Å². The largest absolute Gasteiger partial charge is 0.416 e. The van der Waals surface area contributed by atoms with Crippen LogP contribution in [0.1, 0.15) is 5.56 Å². The zero-order valence-corrected chi connectivity index (χ0v) is 12.6. The van der Waals surface area contributed by atoms with Gasteiger partial charge in [-0.25, -0.2) is 9.48 Å². The van der Waals surface area contributed by atoms with Gasteiger partial charge in [0.05, 0.1) is 16.8 Å². The Morgan fingerprint density at radius 1 is 1.04 bits per heavy atom. The second-order valence-electron chi connectivity index (χ2n) is 5.22. The summed E-state index contributed by atoms with van der Waals surface area (Å²) in [5.74, 6) is 0.110. The molecule has 2 aliphatic heterocycles. The first-order chi connectivity index (χ1) is 11.2. The Labute approximate surface area is 133 Å². The highest BCUT2D eigenvalue weighted by Crippen LogP contribution is 2.31. The highest BCUT2D eigenvalue weighted by molar-refractivity contribution is 5.67. The lowest BCUT2D eigenvalue weighted by atomic mass is 10.1. The van der Waals surface area contributed by atoms with Crippen molar-refractivity contribution in [3.8, 4) is 22.6 Å². The summed E-state index contributed by atoms with van der Waals surface area (Å²) in [5, 5.41) is 4.16. The summed E-state index contributed by atoms with van der Waals surface area (Å²) < 4.78 is 40.0. The van der Waals surface area contributed by atoms with Gasteiger partial charge in [-0.05, 0) is 18.2 Å². The van der Waals surface area contributed by atoms with Crippen LogP contribution in [0.25, 0.3) is 22.6 Å². The molecule has 24 heavy (non-hydrogen) atoms.